The van der Waals surface area contributed by atoms with E-state index in [2.05, 4.69) is 12.1 Å². The number of hydrogen-bond donors (Lipinski definition) is 0. The van der Waals surface area contributed by atoms with Crippen molar-refractivity contribution in [2.24, 2.45) is 5.16 Å². The number of hydrogen-bond acceptors (Lipinski definition) is 3. The molecule has 0 aromatic heterocycles. The Kier molecular flexibility index (Phi) is 6.81. The van der Waals surface area contributed by atoms with E-state index in [0.29, 0.717) is 0 Å². The van der Waals surface area contributed by atoms with E-state index in [1.807, 2.05) is 72.9 Å². The summed E-state index contributed by atoms with van der Waals surface area (Å²) in [4.78, 5) is 6.68. The topological polar surface area (TPSA) is 24.8 Å². The molecule has 1 atom stereocenters. The van der Waals surface area contributed by atoms with Gasteiger partial charge in [0, 0.05) is 22.5 Å². The fourth-order valence-electron chi connectivity index (χ4n) is 1.79. The van der Waals surface area contributed by atoms with Gasteiger partial charge in [0.2, 0.25) is 0 Å². The Labute approximate surface area is 147 Å². The molecule has 0 saturated carbocycles. The number of benzene rings is 2. The van der Waals surface area contributed by atoms with Gasteiger partial charge in [-0.05, 0) is 49.6 Å². The Morgan fingerprint density at radius 3 is 2.43 bits per heavy atom. The van der Waals surface area contributed by atoms with E-state index >= 15 is 0 Å². The normalized spacial score (nSPS) is 12.8. The lowest BCUT2D eigenvalue weighted by molar-refractivity contribution is 0.0685. The highest BCUT2D eigenvalue weighted by Gasteiger charge is 2.13. The fourth-order valence-corrected chi connectivity index (χ4v) is 2.72. The number of oxime groups is 1. The maximum atomic E-state index is 5.94. The highest BCUT2D eigenvalue weighted by atomic mass is 35.5. The van der Waals surface area contributed by atoms with Crippen molar-refractivity contribution in [1.82, 2.24) is 4.31 Å². The highest BCUT2D eigenvalue weighted by molar-refractivity contribution is 7.97. The van der Waals surface area contributed by atoms with E-state index in [9.17, 15) is 0 Å². The van der Waals surface area contributed by atoms with Crippen LogP contribution in [0, 0.1) is 0 Å². The largest absolute Gasteiger partial charge is 0.391 e. The van der Waals surface area contributed by atoms with Gasteiger partial charge in [0.05, 0.1) is 0 Å². The molecule has 0 aliphatic heterocycles. The van der Waals surface area contributed by atoms with Crippen molar-refractivity contribution in [3.8, 4) is 0 Å². The van der Waals surface area contributed by atoms with Gasteiger partial charge in [0.25, 0.3) is 0 Å². The van der Waals surface area contributed by atoms with Gasteiger partial charge < -0.3 is 4.84 Å². The van der Waals surface area contributed by atoms with Gasteiger partial charge in [-0.25, -0.2) is 0 Å². The molecule has 0 radical (unpaired) electrons. The van der Waals surface area contributed by atoms with E-state index in [0.717, 1.165) is 27.7 Å². The van der Waals surface area contributed by atoms with E-state index in [1.165, 1.54) is 0 Å². The first-order valence-corrected chi connectivity index (χ1v) is 8.71. The molecule has 0 aliphatic rings. The zero-order valence-corrected chi connectivity index (χ0v) is 15.1. The average Bonchev–Trinajstić information content (AvgIpc) is 2.58. The Morgan fingerprint density at radius 2 is 1.83 bits per heavy atom. The number of nitrogens with zero attached hydrogens (tertiary/aromatic N) is 2. The molecule has 122 valence electrons. The standard InChI is InChI=1S/C18H21ClN2OS/c1-4-14(2)22-20-18(15-8-6-5-7-9-15)21(3)23-17-12-10-16(19)11-13-17/h5-14H,4H2,1-3H3. The summed E-state index contributed by atoms with van der Waals surface area (Å²) < 4.78 is 2.00. The van der Waals surface area contributed by atoms with E-state index in [1.54, 1.807) is 11.9 Å². The van der Waals surface area contributed by atoms with Gasteiger partial charge >= 0.3 is 0 Å². The smallest absolute Gasteiger partial charge is 0.185 e. The van der Waals surface area contributed by atoms with E-state index in [-0.39, 0.29) is 6.10 Å². The molecular formula is C18H21ClN2OS. The second kappa shape index (κ2) is 8.85. The summed E-state index contributed by atoms with van der Waals surface area (Å²) in [7, 11) is 1.98. The van der Waals surface area contributed by atoms with Crippen LogP contribution in [0.15, 0.2) is 64.6 Å². The van der Waals surface area contributed by atoms with Crippen molar-refractivity contribution in [1.29, 1.82) is 0 Å². The van der Waals surface area contributed by atoms with Gasteiger partial charge in [-0.1, -0.05) is 54.0 Å². The van der Waals surface area contributed by atoms with Crippen LogP contribution in [0.25, 0.3) is 0 Å². The summed E-state index contributed by atoms with van der Waals surface area (Å²) in [5.41, 5.74) is 1.01. The second-order valence-electron chi connectivity index (χ2n) is 5.15. The first kappa shape index (κ1) is 17.7. The molecule has 0 bridgehead atoms. The third-order valence-electron chi connectivity index (χ3n) is 3.28. The van der Waals surface area contributed by atoms with Gasteiger partial charge in [-0.2, -0.15) is 0 Å². The monoisotopic (exact) mass is 348 g/mol. The lowest BCUT2D eigenvalue weighted by Crippen LogP contribution is -2.22. The molecule has 2 rings (SSSR count). The van der Waals surface area contributed by atoms with Crippen LogP contribution in [-0.4, -0.2) is 23.3 Å². The van der Waals surface area contributed by atoms with Gasteiger partial charge in [0.1, 0.15) is 6.10 Å². The zero-order chi connectivity index (χ0) is 16.7. The Bertz CT molecular complexity index is 631. The van der Waals surface area contributed by atoms with Crippen molar-refractivity contribution in [2.45, 2.75) is 31.3 Å². The Balaban J connectivity index is 2.20. The lowest BCUT2D eigenvalue weighted by Gasteiger charge is -2.20. The van der Waals surface area contributed by atoms with Crippen LogP contribution < -0.4 is 0 Å². The van der Waals surface area contributed by atoms with Crippen molar-refractivity contribution < 1.29 is 4.84 Å². The average molecular weight is 349 g/mol. The molecule has 1 unspecified atom stereocenters. The highest BCUT2D eigenvalue weighted by Crippen LogP contribution is 2.25. The minimum atomic E-state index is 0.0858. The zero-order valence-electron chi connectivity index (χ0n) is 13.6. The molecule has 2 aromatic rings. The van der Waals surface area contributed by atoms with Crippen LogP contribution in [0.4, 0.5) is 0 Å². The van der Waals surface area contributed by atoms with Crippen LogP contribution in [0.2, 0.25) is 5.02 Å². The van der Waals surface area contributed by atoms with Crippen LogP contribution in [0.1, 0.15) is 25.8 Å². The molecular weight excluding hydrogens is 328 g/mol. The maximum absolute atomic E-state index is 5.94. The quantitative estimate of drug-likeness (QED) is 0.300. The van der Waals surface area contributed by atoms with Crippen molar-refractivity contribution in [2.75, 3.05) is 7.05 Å². The minimum Gasteiger partial charge on any atom is -0.391 e. The molecule has 5 heteroatoms. The third kappa shape index (κ3) is 5.48. The first-order chi connectivity index (χ1) is 11.1. The van der Waals surface area contributed by atoms with Crippen LogP contribution in [0.5, 0.6) is 0 Å². The van der Waals surface area contributed by atoms with Crippen molar-refractivity contribution in [3.05, 3.63) is 65.2 Å². The predicted molar refractivity (Wildman–Crippen MR) is 98.9 cm³/mol. The lowest BCUT2D eigenvalue weighted by atomic mass is 10.2. The Hall–Kier alpha value is -1.65. The van der Waals surface area contributed by atoms with Crippen LogP contribution in [0.3, 0.4) is 0 Å². The summed E-state index contributed by atoms with van der Waals surface area (Å²) in [6, 6.07) is 17.8. The summed E-state index contributed by atoms with van der Waals surface area (Å²) in [6.07, 6.45) is 1.00. The second-order valence-corrected chi connectivity index (χ2v) is 6.79. The summed E-state index contributed by atoms with van der Waals surface area (Å²) in [6.45, 7) is 4.09. The maximum Gasteiger partial charge on any atom is 0.185 e. The minimum absolute atomic E-state index is 0.0858. The number of amidine groups is 1. The van der Waals surface area contributed by atoms with Gasteiger partial charge in [-0.3, -0.25) is 4.31 Å². The fraction of sp³-hybridized carbons (Fsp3) is 0.278. The molecule has 0 N–H and O–H groups in total. The molecule has 0 amide bonds. The summed E-state index contributed by atoms with van der Waals surface area (Å²) in [5, 5.41) is 5.10. The summed E-state index contributed by atoms with van der Waals surface area (Å²) in [5.74, 6) is 0.783. The molecule has 2 aromatic carbocycles. The number of rotatable bonds is 6. The third-order valence-corrected chi connectivity index (χ3v) is 4.46. The van der Waals surface area contributed by atoms with Gasteiger partial charge in [-0.15, -0.1) is 0 Å². The van der Waals surface area contributed by atoms with E-state index in [4.69, 9.17) is 16.4 Å². The predicted octanol–water partition coefficient (Wildman–Crippen LogP) is 5.46. The molecule has 3 nitrogen and oxygen atoms in total. The van der Waals surface area contributed by atoms with Gasteiger partial charge in [0.15, 0.2) is 5.84 Å². The molecule has 0 spiro atoms. The number of halogens is 1. The molecule has 0 aliphatic carbocycles. The Morgan fingerprint density at radius 1 is 1.17 bits per heavy atom. The molecule has 23 heavy (non-hydrogen) atoms. The SMILES string of the molecule is CCC(C)ON=C(c1ccccc1)N(C)Sc1ccc(Cl)cc1. The first-order valence-electron chi connectivity index (χ1n) is 7.56. The molecule has 0 heterocycles. The van der Waals surface area contributed by atoms with E-state index < -0.39 is 0 Å². The molecule has 0 fully saturated rings. The van der Waals surface area contributed by atoms with Crippen molar-refractivity contribution in [3.63, 3.8) is 0 Å². The van der Waals surface area contributed by atoms with Crippen LogP contribution >= 0.6 is 23.5 Å². The van der Waals surface area contributed by atoms with Crippen LogP contribution in [-0.2, 0) is 4.84 Å². The van der Waals surface area contributed by atoms with Crippen molar-refractivity contribution >= 4 is 29.4 Å². The summed E-state index contributed by atoms with van der Waals surface area (Å²) >= 11 is 7.52. The molecule has 0 saturated heterocycles.